The molecule has 0 amide bonds. The van der Waals surface area contributed by atoms with Crippen LogP contribution in [0.1, 0.15) is 32.8 Å². The number of ketones is 2. The van der Waals surface area contributed by atoms with Crippen LogP contribution in [0.15, 0.2) is 22.7 Å². The molecule has 8 nitrogen and oxygen atoms in total. The topological polar surface area (TPSA) is 123 Å². The van der Waals surface area contributed by atoms with Gasteiger partial charge in [0.25, 0.3) is 0 Å². The molecule has 22 heavy (non-hydrogen) atoms. The number of nitrogens with one attached hydrogen (secondary N) is 1. The molecule has 0 bridgehead atoms. The van der Waals surface area contributed by atoms with E-state index in [4.69, 9.17) is 4.74 Å². The molecule has 2 N–H and O–H groups in total. The molecule has 1 aliphatic carbocycles. The number of fused-ring (bicyclic) bond motifs is 1. The molecule has 0 spiro atoms. The third-order valence-electron chi connectivity index (χ3n) is 3.50. The summed E-state index contributed by atoms with van der Waals surface area (Å²) in [7, 11) is -2.54. The largest absolute Gasteiger partial charge is 0.380 e. The van der Waals surface area contributed by atoms with Crippen molar-refractivity contribution in [3.63, 3.8) is 0 Å². The van der Waals surface area contributed by atoms with Crippen molar-refractivity contribution in [1.29, 1.82) is 0 Å². The van der Waals surface area contributed by atoms with E-state index < -0.39 is 32.6 Å². The highest BCUT2D eigenvalue weighted by Crippen LogP contribution is 2.30. The van der Waals surface area contributed by atoms with Crippen molar-refractivity contribution in [3.05, 3.63) is 39.7 Å². The fourth-order valence-electron chi connectivity index (χ4n) is 2.42. The van der Waals surface area contributed by atoms with Crippen molar-refractivity contribution in [2.45, 2.75) is 6.29 Å². The van der Waals surface area contributed by atoms with Gasteiger partial charge in [-0.15, -0.1) is 0 Å². The molecule has 9 heteroatoms. The zero-order valence-electron chi connectivity index (χ0n) is 11.5. The van der Waals surface area contributed by atoms with Gasteiger partial charge in [0.1, 0.15) is 16.3 Å². The number of Topliss-reactive ketones (excluding diaryl/α,β-unsaturated/α-hetero) is 2. The van der Waals surface area contributed by atoms with Gasteiger partial charge in [-0.05, 0) is 12.1 Å². The number of aliphatic hydroxyl groups excluding tert-OH is 1. The molecule has 1 aromatic heterocycles. The Bertz CT molecular complexity index is 827. The van der Waals surface area contributed by atoms with Crippen molar-refractivity contribution in [3.8, 4) is 0 Å². The van der Waals surface area contributed by atoms with Crippen LogP contribution in [-0.4, -0.2) is 49.5 Å². The van der Waals surface area contributed by atoms with Gasteiger partial charge in [0, 0.05) is 13.7 Å². The molecular weight excluding hydrogens is 312 g/mol. The molecular formula is C13H12N2O6S. The minimum atomic E-state index is -3.79. The lowest BCUT2D eigenvalue weighted by molar-refractivity contribution is -0.0799. The number of nitrogens with zero attached hydrogens (tertiary/aromatic N) is 1. The standard InChI is InChI=1S/C13H12N2O6S/c1-21-13(18)7-3-2-6-8(15-7)11(17)9-12(10(6)16)22(19,20)5-4-14-9/h2-3,13-14,18H,4-5H2,1H3. The van der Waals surface area contributed by atoms with Crippen molar-refractivity contribution in [2.75, 3.05) is 19.4 Å². The first kappa shape index (κ1) is 14.8. The van der Waals surface area contributed by atoms with Crippen molar-refractivity contribution < 1.29 is 27.9 Å². The van der Waals surface area contributed by atoms with E-state index in [9.17, 15) is 23.1 Å². The van der Waals surface area contributed by atoms with Gasteiger partial charge in [0.15, 0.2) is 16.1 Å². The summed E-state index contributed by atoms with van der Waals surface area (Å²) in [5.74, 6) is -1.69. The summed E-state index contributed by atoms with van der Waals surface area (Å²) in [6, 6.07) is 2.58. The Morgan fingerprint density at radius 2 is 2.05 bits per heavy atom. The van der Waals surface area contributed by atoms with Crippen LogP contribution in [0.4, 0.5) is 0 Å². The highest BCUT2D eigenvalue weighted by atomic mass is 32.2. The Balaban J connectivity index is 2.20. The van der Waals surface area contributed by atoms with Crippen molar-refractivity contribution in [2.24, 2.45) is 0 Å². The van der Waals surface area contributed by atoms with Gasteiger partial charge in [0.2, 0.25) is 11.6 Å². The van der Waals surface area contributed by atoms with Gasteiger partial charge in [-0.2, -0.15) is 0 Å². The minimum absolute atomic E-state index is 0.0515. The van der Waals surface area contributed by atoms with E-state index in [1.54, 1.807) is 0 Å². The summed E-state index contributed by atoms with van der Waals surface area (Å²) in [5, 5.41) is 12.3. The number of sulfone groups is 1. The summed E-state index contributed by atoms with van der Waals surface area (Å²) in [6.45, 7) is 0.0515. The fourth-order valence-corrected chi connectivity index (χ4v) is 3.86. The lowest BCUT2D eigenvalue weighted by Gasteiger charge is -2.25. The van der Waals surface area contributed by atoms with E-state index >= 15 is 0 Å². The zero-order chi connectivity index (χ0) is 16.1. The van der Waals surface area contributed by atoms with E-state index in [1.165, 1.54) is 19.2 Å². The SMILES string of the molecule is COC(O)c1ccc2c(n1)C(=O)C1=C(C2=O)S(=O)(=O)CCN1. The maximum absolute atomic E-state index is 12.4. The van der Waals surface area contributed by atoms with E-state index in [-0.39, 0.29) is 34.9 Å². The average molecular weight is 324 g/mol. The van der Waals surface area contributed by atoms with Crippen LogP contribution >= 0.6 is 0 Å². The van der Waals surface area contributed by atoms with Crippen LogP contribution in [0.5, 0.6) is 0 Å². The Labute approximate surface area is 125 Å². The molecule has 0 aromatic carbocycles. The lowest BCUT2D eigenvalue weighted by Crippen LogP contribution is -2.41. The van der Waals surface area contributed by atoms with Gasteiger partial charge >= 0.3 is 0 Å². The lowest BCUT2D eigenvalue weighted by atomic mass is 9.96. The number of carbonyl (C=O) groups is 2. The number of aromatic nitrogens is 1. The molecule has 0 fully saturated rings. The number of rotatable bonds is 2. The van der Waals surface area contributed by atoms with E-state index in [1.807, 2.05) is 0 Å². The van der Waals surface area contributed by atoms with Crippen molar-refractivity contribution in [1.82, 2.24) is 10.3 Å². The summed E-state index contributed by atoms with van der Waals surface area (Å²) in [6.07, 6.45) is -1.34. The predicted molar refractivity (Wildman–Crippen MR) is 73.7 cm³/mol. The van der Waals surface area contributed by atoms with Crippen LogP contribution in [0, 0.1) is 0 Å². The number of hydrogen-bond acceptors (Lipinski definition) is 8. The second-order valence-corrected chi connectivity index (χ2v) is 6.87. The summed E-state index contributed by atoms with van der Waals surface area (Å²) >= 11 is 0. The Morgan fingerprint density at radius 1 is 1.32 bits per heavy atom. The molecule has 116 valence electrons. The normalized spacial score (nSPS) is 21.0. The van der Waals surface area contributed by atoms with Gasteiger partial charge in [-0.25, -0.2) is 13.4 Å². The smallest absolute Gasteiger partial charge is 0.229 e. The number of carbonyl (C=O) groups excluding carboxylic acids is 2. The minimum Gasteiger partial charge on any atom is -0.380 e. The second-order valence-electron chi connectivity index (χ2n) is 4.83. The van der Waals surface area contributed by atoms with Gasteiger partial charge in [-0.1, -0.05) is 0 Å². The molecule has 0 saturated carbocycles. The number of methoxy groups -OCH3 is 1. The molecule has 1 aliphatic heterocycles. The molecule has 1 unspecified atom stereocenters. The number of hydrogen-bond donors (Lipinski definition) is 2. The molecule has 1 aromatic rings. The van der Waals surface area contributed by atoms with E-state index in [2.05, 4.69) is 10.3 Å². The van der Waals surface area contributed by atoms with Crippen molar-refractivity contribution >= 4 is 21.4 Å². The van der Waals surface area contributed by atoms with E-state index in [0.717, 1.165) is 0 Å². The molecule has 2 heterocycles. The van der Waals surface area contributed by atoms with Crippen LogP contribution in [0.2, 0.25) is 0 Å². The zero-order valence-corrected chi connectivity index (χ0v) is 12.3. The first-order valence-corrected chi connectivity index (χ1v) is 8.04. The van der Waals surface area contributed by atoms with Gasteiger partial charge < -0.3 is 15.2 Å². The Morgan fingerprint density at radius 3 is 2.73 bits per heavy atom. The quantitative estimate of drug-likeness (QED) is 0.687. The van der Waals surface area contributed by atoms with Crippen LogP contribution < -0.4 is 5.32 Å². The van der Waals surface area contributed by atoms with Crippen LogP contribution in [-0.2, 0) is 14.6 Å². The van der Waals surface area contributed by atoms with Gasteiger partial charge in [0.05, 0.1) is 17.0 Å². The second kappa shape index (κ2) is 4.97. The fraction of sp³-hybridized carbons (Fsp3) is 0.308. The monoisotopic (exact) mass is 324 g/mol. The molecule has 0 saturated heterocycles. The highest BCUT2D eigenvalue weighted by molar-refractivity contribution is 7.96. The number of pyridine rings is 1. The predicted octanol–water partition coefficient (Wildman–Crippen LogP) is -0.673. The molecule has 3 rings (SSSR count). The first-order chi connectivity index (χ1) is 10.4. The molecule has 2 aliphatic rings. The average Bonchev–Trinajstić information content (AvgIpc) is 2.50. The highest BCUT2D eigenvalue weighted by Gasteiger charge is 2.42. The molecule has 1 atom stereocenters. The van der Waals surface area contributed by atoms with Gasteiger partial charge in [-0.3, -0.25) is 9.59 Å². The third kappa shape index (κ3) is 2.05. The summed E-state index contributed by atoms with van der Waals surface area (Å²) < 4.78 is 28.8. The number of ether oxygens (including phenoxy) is 1. The first-order valence-electron chi connectivity index (χ1n) is 6.39. The Kier molecular flexibility index (Phi) is 3.35. The van der Waals surface area contributed by atoms with E-state index in [0.29, 0.717) is 0 Å². The summed E-state index contributed by atoms with van der Waals surface area (Å²) in [4.78, 5) is 28.3. The van der Waals surface area contributed by atoms with Crippen LogP contribution in [0.3, 0.4) is 0 Å². The summed E-state index contributed by atoms with van der Waals surface area (Å²) in [5.41, 5.74) is -0.476. The molecule has 0 radical (unpaired) electrons. The number of allylic oxidation sites excluding steroid dienone is 2. The number of aliphatic hydroxyl groups is 1. The maximum Gasteiger partial charge on any atom is 0.229 e. The maximum atomic E-state index is 12.4. The third-order valence-corrected chi connectivity index (χ3v) is 5.25. The van der Waals surface area contributed by atoms with Crippen LogP contribution in [0.25, 0.3) is 0 Å². The Hall–Kier alpha value is -2.10.